The van der Waals surface area contributed by atoms with Crippen LogP contribution in [0.5, 0.6) is 0 Å². The third-order valence-corrected chi connectivity index (χ3v) is 4.02. The maximum absolute atomic E-state index is 12.0. The minimum absolute atomic E-state index is 0.145. The first-order valence-electron chi connectivity index (χ1n) is 5.27. The number of rotatable bonds is 3. The molecule has 6 heteroatoms. The number of benzene rings is 1. The highest BCUT2D eigenvalue weighted by Crippen LogP contribution is 2.23. The summed E-state index contributed by atoms with van der Waals surface area (Å²) in [6, 6.07) is 8.37. The highest BCUT2D eigenvalue weighted by molar-refractivity contribution is 7.89. The van der Waals surface area contributed by atoms with E-state index in [1.807, 2.05) is 6.92 Å². The maximum atomic E-state index is 12.0. The molecule has 0 aliphatic carbocycles. The molecule has 0 atom stereocenters. The SMILES string of the molecule is Cc1ccc(S(=O)(=O)NCC#N)c2cccnc12. The van der Waals surface area contributed by atoms with E-state index in [1.165, 1.54) is 6.07 Å². The summed E-state index contributed by atoms with van der Waals surface area (Å²) < 4.78 is 26.3. The van der Waals surface area contributed by atoms with Crippen molar-refractivity contribution in [1.29, 1.82) is 5.26 Å². The zero-order valence-corrected chi connectivity index (χ0v) is 10.5. The van der Waals surface area contributed by atoms with Crippen molar-refractivity contribution in [2.45, 2.75) is 11.8 Å². The summed E-state index contributed by atoms with van der Waals surface area (Å²) in [5.41, 5.74) is 1.56. The third-order valence-electron chi connectivity index (χ3n) is 2.56. The monoisotopic (exact) mass is 261 g/mol. The van der Waals surface area contributed by atoms with Crippen LogP contribution in [-0.4, -0.2) is 19.9 Å². The average Bonchev–Trinajstić information content (AvgIpc) is 2.37. The number of aryl methyl sites for hydroxylation is 1. The molecule has 1 aromatic carbocycles. The van der Waals surface area contributed by atoms with E-state index >= 15 is 0 Å². The van der Waals surface area contributed by atoms with Crippen LogP contribution in [0.15, 0.2) is 35.4 Å². The molecule has 1 heterocycles. The van der Waals surface area contributed by atoms with Crippen molar-refractivity contribution in [2.24, 2.45) is 0 Å². The van der Waals surface area contributed by atoms with Crippen molar-refractivity contribution in [1.82, 2.24) is 9.71 Å². The van der Waals surface area contributed by atoms with Crippen LogP contribution >= 0.6 is 0 Å². The molecular formula is C12H11N3O2S. The lowest BCUT2D eigenvalue weighted by Crippen LogP contribution is -2.24. The molecule has 0 radical (unpaired) electrons. The summed E-state index contributed by atoms with van der Waals surface area (Å²) >= 11 is 0. The molecule has 0 aliphatic rings. The van der Waals surface area contributed by atoms with Crippen LogP contribution in [0.4, 0.5) is 0 Å². The van der Waals surface area contributed by atoms with Crippen LogP contribution in [0.25, 0.3) is 10.9 Å². The molecule has 2 aromatic rings. The molecule has 0 bridgehead atoms. The van der Waals surface area contributed by atoms with Crippen molar-refractivity contribution in [3.63, 3.8) is 0 Å². The van der Waals surface area contributed by atoms with Crippen LogP contribution in [0.3, 0.4) is 0 Å². The van der Waals surface area contributed by atoms with E-state index in [9.17, 15) is 8.42 Å². The fourth-order valence-electron chi connectivity index (χ4n) is 1.73. The van der Waals surface area contributed by atoms with Gasteiger partial charge in [-0.15, -0.1) is 0 Å². The van der Waals surface area contributed by atoms with Gasteiger partial charge in [0.1, 0.15) is 0 Å². The Labute approximate surface area is 105 Å². The molecule has 0 spiro atoms. The van der Waals surface area contributed by atoms with Crippen molar-refractivity contribution in [3.05, 3.63) is 36.0 Å². The molecule has 0 saturated carbocycles. The van der Waals surface area contributed by atoms with Crippen LogP contribution in [0.1, 0.15) is 5.56 Å². The van der Waals surface area contributed by atoms with E-state index in [2.05, 4.69) is 9.71 Å². The number of nitrogens with zero attached hydrogens (tertiary/aromatic N) is 2. The largest absolute Gasteiger partial charge is 0.256 e. The topological polar surface area (TPSA) is 82.9 Å². The Bertz CT molecular complexity index is 733. The fourth-order valence-corrected chi connectivity index (χ4v) is 2.84. The zero-order chi connectivity index (χ0) is 13.2. The van der Waals surface area contributed by atoms with Gasteiger partial charge in [0.25, 0.3) is 0 Å². The Morgan fingerprint density at radius 2 is 2.17 bits per heavy atom. The lowest BCUT2D eigenvalue weighted by Gasteiger charge is -2.08. The number of nitriles is 1. The highest BCUT2D eigenvalue weighted by atomic mass is 32.2. The Kier molecular flexibility index (Phi) is 3.28. The van der Waals surface area contributed by atoms with Gasteiger partial charge in [-0.3, -0.25) is 4.98 Å². The van der Waals surface area contributed by atoms with Crippen molar-refractivity contribution in [2.75, 3.05) is 6.54 Å². The minimum Gasteiger partial charge on any atom is -0.256 e. The van der Waals surface area contributed by atoms with Crippen molar-refractivity contribution < 1.29 is 8.42 Å². The lowest BCUT2D eigenvalue weighted by molar-refractivity contribution is 0.587. The predicted octanol–water partition coefficient (Wildman–Crippen LogP) is 1.35. The fraction of sp³-hybridized carbons (Fsp3) is 0.167. The number of sulfonamides is 1. The second kappa shape index (κ2) is 4.72. The van der Waals surface area contributed by atoms with Gasteiger partial charge in [0.2, 0.25) is 10.0 Å². The molecule has 0 saturated heterocycles. The van der Waals surface area contributed by atoms with Crippen molar-refractivity contribution >= 4 is 20.9 Å². The van der Waals surface area contributed by atoms with Crippen molar-refractivity contribution in [3.8, 4) is 6.07 Å². The number of aromatic nitrogens is 1. The van der Waals surface area contributed by atoms with E-state index in [0.717, 1.165) is 5.56 Å². The number of pyridine rings is 1. The van der Waals surface area contributed by atoms with Gasteiger partial charge in [-0.2, -0.15) is 9.98 Å². The Balaban J connectivity index is 2.67. The quantitative estimate of drug-likeness (QED) is 0.845. The van der Waals surface area contributed by atoms with Gasteiger partial charge < -0.3 is 0 Å². The van der Waals surface area contributed by atoms with Gasteiger partial charge >= 0.3 is 0 Å². The molecule has 0 aliphatic heterocycles. The minimum atomic E-state index is -3.68. The number of hydrogen-bond acceptors (Lipinski definition) is 4. The van der Waals surface area contributed by atoms with Crippen LogP contribution < -0.4 is 4.72 Å². The predicted molar refractivity (Wildman–Crippen MR) is 67.3 cm³/mol. The Morgan fingerprint density at radius 1 is 1.39 bits per heavy atom. The molecule has 0 amide bonds. The zero-order valence-electron chi connectivity index (χ0n) is 9.71. The molecule has 0 unspecified atom stereocenters. The standard InChI is InChI=1S/C12H11N3O2S/c1-9-4-5-11(18(16,17)15-8-6-13)10-3-2-7-14-12(9)10/h2-5,7,15H,8H2,1H3. The summed E-state index contributed by atoms with van der Waals surface area (Å²) in [4.78, 5) is 4.32. The number of nitrogens with one attached hydrogen (secondary N) is 1. The summed E-state index contributed by atoms with van der Waals surface area (Å²) in [6.07, 6.45) is 1.62. The van der Waals surface area contributed by atoms with Gasteiger partial charge in [-0.1, -0.05) is 6.07 Å². The van der Waals surface area contributed by atoms with Crippen LogP contribution in [0, 0.1) is 18.3 Å². The molecule has 18 heavy (non-hydrogen) atoms. The van der Waals surface area contributed by atoms with Gasteiger partial charge in [-0.05, 0) is 30.7 Å². The average molecular weight is 261 g/mol. The Hall–Kier alpha value is -1.97. The van der Waals surface area contributed by atoms with Crippen LogP contribution in [-0.2, 0) is 10.0 Å². The van der Waals surface area contributed by atoms with E-state index in [1.54, 1.807) is 30.5 Å². The second-order valence-corrected chi connectivity index (χ2v) is 5.50. The molecule has 0 fully saturated rings. The van der Waals surface area contributed by atoms with E-state index in [-0.39, 0.29) is 11.4 Å². The Morgan fingerprint density at radius 3 is 2.89 bits per heavy atom. The van der Waals surface area contributed by atoms with E-state index < -0.39 is 10.0 Å². The molecular weight excluding hydrogens is 250 g/mol. The third kappa shape index (κ3) is 2.18. The summed E-state index contributed by atoms with van der Waals surface area (Å²) in [5, 5.41) is 9.00. The number of hydrogen-bond donors (Lipinski definition) is 1. The number of fused-ring (bicyclic) bond motifs is 1. The second-order valence-electron chi connectivity index (χ2n) is 3.76. The summed E-state index contributed by atoms with van der Waals surface area (Å²) in [6.45, 7) is 1.62. The first-order valence-corrected chi connectivity index (χ1v) is 6.75. The summed E-state index contributed by atoms with van der Waals surface area (Å²) in [7, 11) is -3.68. The van der Waals surface area contributed by atoms with E-state index in [0.29, 0.717) is 10.9 Å². The molecule has 1 N–H and O–H groups in total. The smallest absolute Gasteiger partial charge is 0.242 e. The summed E-state index contributed by atoms with van der Waals surface area (Å²) in [5.74, 6) is 0. The molecule has 2 rings (SSSR count). The molecule has 5 nitrogen and oxygen atoms in total. The lowest BCUT2D eigenvalue weighted by atomic mass is 10.1. The highest BCUT2D eigenvalue weighted by Gasteiger charge is 2.17. The van der Waals surface area contributed by atoms with Gasteiger partial charge in [0.05, 0.1) is 23.0 Å². The van der Waals surface area contributed by atoms with Crippen LogP contribution in [0.2, 0.25) is 0 Å². The molecule has 1 aromatic heterocycles. The normalized spacial score (nSPS) is 11.3. The molecule has 92 valence electrons. The van der Waals surface area contributed by atoms with Gasteiger partial charge in [0, 0.05) is 11.6 Å². The first kappa shape index (κ1) is 12.5. The maximum Gasteiger partial charge on any atom is 0.242 e. The first-order chi connectivity index (χ1) is 8.56. The van der Waals surface area contributed by atoms with Gasteiger partial charge in [0.15, 0.2) is 0 Å². The van der Waals surface area contributed by atoms with E-state index in [4.69, 9.17) is 5.26 Å². The van der Waals surface area contributed by atoms with Gasteiger partial charge in [-0.25, -0.2) is 8.42 Å².